The van der Waals surface area contributed by atoms with Crippen LogP contribution in [0.4, 0.5) is 0 Å². The topological polar surface area (TPSA) is 36.8 Å². The van der Waals surface area contributed by atoms with E-state index < -0.39 is 0 Å². The molecule has 25 heavy (non-hydrogen) atoms. The predicted octanol–water partition coefficient (Wildman–Crippen LogP) is 2.41. The number of hydrogen-bond donors (Lipinski definition) is 2. The molecule has 0 aliphatic heterocycles. The summed E-state index contributed by atoms with van der Waals surface area (Å²) < 4.78 is 0. The van der Waals surface area contributed by atoms with Crippen LogP contribution >= 0.6 is 11.6 Å². The Morgan fingerprint density at radius 3 is 1.76 bits per heavy atom. The second kappa shape index (κ2) is 17.9. The zero-order chi connectivity index (χ0) is 18.3. The predicted molar refractivity (Wildman–Crippen MR) is 108 cm³/mol. The molecule has 0 radical (unpaired) electrons. The zero-order valence-electron chi connectivity index (χ0n) is 17.3. The van der Waals surface area contributed by atoms with Crippen molar-refractivity contribution in [1.29, 1.82) is 0 Å². The average Bonchev–Trinajstić information content (AvgIpc) is 2.50. The number of alkyl halides is 1. The molecule has 0 fully saturated rings. The number of rotatable bonds is 17. The molecule has 0 aliphatic carbocycles. The molecule has 2 nitrogen and oxygen atoms in total. The highest BCUT2D eigenvalue weighted by Crippen LogP contribution is 2.19. The first-order chi connectivity index (χ1) is 11.4. The van der Waals surface area contributed by atoms with Crippen LogP contribution in [0.15, 0.2) is 0 Å². The van der Waals surface area contributed by atoms with Crippen LogP contribution in [0.2, 0.25) is 0 Å². The standard InChI is InChI=1S/C21H44ClNO.ClH/c1-5-6-7-8-9-10-11-12-13-14-15-16-20(22)17-21(3,4)23-18-19(2)24;/h19-20,23-24H,5-18H2,1-4H3;1H. The van der Waals surface area contributed by atoms with Gasteiger partial charge in [-0.3, -0.25) is 0 Å². The van der Waals surface area contributed by atoms with Crippen molar-refractivity contribution in [3.05, 3.63) is 0 Å². The first-order valence-electron chi connectivity index (χ1n) is 10.5. The maximum Gasteiger partial charge on any atom is 0.102 e. The van der Waals surface area contributed by atoms with Gasteiger partial charge in [-0.25, -0.2) is 0 Å². The number of aliphatic hydroxyl groups excluding tert-OH is 1. The van der Waals surface area contributed by atoms with Gasteiger partial charge in [0.05, 0.1) is 11.6 Å². The van der Waals surface area contributed by atoms with Gasteiger partial charge in [0, 0.05) is 11.8 Å². The van der Waals surface area contributed by atoms with E-state index in [1.807, 2.05) is 6.92 Å². The van der Waals surface area contributed by atoms with Gasteiger partial charge in [0.15, 0.2) is 0 Å². The largest absolute Gasteiger partial charge is 1.00 e. The lowest BCUT2D eigenvalue weighted by Crippen LogP contribution is -3.00. The summed E-state index contributed by atoms with van der Waals surface area (Å²) in [5.41, 5.74) is 0.126. The van der Waals surface area contributed by atoms with Crippen molar-refractivity contribution in [3.8, 4) is 0 Å². The number of halogens is 2. The Balaban J connectivity index is 0. The van der Waals surface area contributed by atoms with Crippen LogP contribution in [-0.2, 0) is 0 Å². The molecule has 0 aromatic rings. The number of unbranched alkanes of at least 4 members (excludes halogenated alkanes) is 10. The smallest absolute Gasteiger partial charge is 0.102 e. The second-order valence-corrected chi connectivity index (χ2v) is 9.02. The zero-order valence-corrected chi connectivity index (χ0v) is 18.8. The van der Waals surface area contributed by atoms with E-state index in [9.17, 15) is 5.11 Å². The minimum Gasteiger partial charge on any atom is -1.00 e. The van der Waals surface area contributed by atoms with Gasteiger partial charge in [-0.05, 0) is 27.2 Å². The summed E-state index contributed by atoms with van der Waals surface area (Å²) in [5, 5.41) is 11.9. The van der Waals surface area contributed by atoms with E-state index in [2.05, 4.69) is 26.1 Å². The number of hydrogen-bond acceptors (Lipinski definition) is 1. The van der Waals surface area contributed by atoms with Gasteiger partial charge in [0.2, 0.25) is 0 Å². The Morgan fingerprint density at radius 1 is 0.880 bits per heavy atom. The molecule has 0 aliphatic rings. The van der Waals surface area contributed by atoms with Crippen molar-refractivity contribution in [2.45, 2.75) is 128 Å². The molecule has 0 amide bonds. The Bertz CT molecular complexity index is 273. The van der Waals surface area contributed by atoms with E-state index in [-0.39, 0.29) is 29.4 Å². The molecule has 0 saturated heterocycles. The molecule has 0 rings (SSSR count). The van der Waals surface area contributed by atoms with Gasteiger partial charge in [0.1, 0.15) is 6.54 Å². The first-order valence-corrected chi connectivity index (χ1v) is 11.0. The summed E-state index contributed by atoms with van der Waals surface area (Å²) >= 11 is 6.52. The number of aliphatic hydroxyl groups is 1. The number of quaternary nitrogens is 1. The van der Waals surface area contributed by atoms with Gasteiger partial charge in [-0.1, -0.05) is 77.6 Å². The summed E-state index contributed by atoms with van der Waals surface area (Å²) in [6.45, 7) is 9.34. The fraction of sp³-hybridized carbons (Fsp3) is 1.00. The van der Waals surface area contributed by atoms with Crippen LogP contribution in [-0.4, -0.2) is 28.7 Å². The second-order valence-electron chi connectivity index (χ2n) is 8.40. The van der Waals surface area contributed by atoms with Gasteiger partial charge in [-0.2, -0.15) is 0 Å². The monoisotopic (exact) mass is 397 g/mol. The van der Waals surface area contributed by atoms with Crippen LogP contribution in [0.25, 0.3) is 0 Å². The van der Waals surface area contributed by atoms with Gasteiger partial charge >= 0.3 is 0 Å². The number of nitrogens with two attached hydrogens (primary N) is 1. The van der Waals surface area contributed by atoms with E-state index in [1.165, 1.54) is 70.6 Å². The van der Waals surface area contributed by atoms with E-state index in [0.717, 1.165) is 19.4 Å². The molecule has 0 heterocycles. The van der Waals surface area contributed by atoms with E-state index in [1.54, 1.807) is 0 Å². The summed E-state index contributed by atoms with van der Waals surface area (Å²) in [4.78, 5) is 0. The Labute approximate surface area is 169 Å². The van der Waals surface area contributed by atoms with Crippen molar-refractivity contribution < 1.29 is 22.8 Å². The lowest BCUT2D eigenvalue weighted by atomic mass is 9.95. The third kappa shape index (κ3) is 20.7. The highest BCUT2D eigenvalue weighted by atomic mass is 35.5. The molecular formula is C21H45Cl2NO. The van der Waals surface area contributed by atoms with E-state index >= 15 is 0 Å². The Kier molecular flexibility index (Phi) is 19.8. The third-order valence-electron chi connectivity index (χ3n) is 4.88. The van der Waals surface area contributed by atoms with Gasteiger partial charge in [-0.15, -0.1) is 11.6 Å². The maximum atomic E-state index is 9.40. The van der Waals surface area contributed by atoms with Gasteiger partial charge in [0.25, 0.3) is 0 Å². The SMILES string of the molecule is CCCCCCCCCCCCCC(Cl)CC(C)(C)[NH2+]CC(C)O.[Cl-]. The van der Waals surface area contributed by atoms with Crippen molar-refractivity contribution in [2.75, 3.05) is 6.54 Å². The van der Waals surface area contributed by atoms with Crippen LogP contribution in [0, 0.1) is 0 Å². The summed E-state index contributed by atoms with van der Waals surface area (Å²) in [6.07, 6.45) is 17.1. The molecule has 154 valence electrons. The molecule has 0 aromatic heterocycles. The summed E-state index contributed by atoms with van der Waals surface area (Å²) in [5.74, 6) is 0. The molecule has 3 N–H and O–H groups in total. The van der Waals surface area contributed by atoms with Crippen LogP contribution in [0.3, 0.4) is 0 Å². The first kappa shape index (κ1) is 27.7. The maximum absolute atomic E-state index is 9.40. The highest BCUT2D eigenvalue weighted by Gasteiger charge is 2.25. The van der Waals surface area contributed by atoms with Crippen molar-refractivity contribution in [2.24, 2.45) is 0 Å². The third-order valence-corrected chi connectivity index (χ3v) is 5.25. The van der Waals surface area contributed by atoms with E-state index in [0.29, 0.717) is 0 Å². The van der Waals surface area contributed by atoms with E-state index in [4.69, 9.17) is 11.6 Å². The summed E-state index contributed by atoms with van der Waals surface area (Å²) in [7, 11) is 0. The minimum atomic E-state index is -0.246. The molecule has 2 unspecified atom stereocenters. The quantitative estimate of drug-likeness (QED) is 0.287. The van der Waals surface area contributed by atoms with Crippen LogP contribution < -0.4 is 17.7 Å². The minimum absolute atomic E-state index is 0. The Hall–Kier alpha value is 0.500. The Morgan fingerprint density at radius 2 is 1.32 bits per heavy atom. The van der Waals surface area contributed by atoms with Crippen molar-refractivity contribution >= 4 is 11.6 Å². The average molecular weight is 399 g/mol. The van der Waals surface area contributed by atoms with Crippen LogP contribution in [0.5, 0.6) is 0 Å². The van der Waals surface area contributed by atoms with Crippen molar-refractivity contribution in [3.63, 3.8) is 0 Å². The fourth-order valence-electron chi connectivity index (χ4n) is 3.28. The molecule has 0 bridgehead atoms. The summed E-state index contributed by atoms with van der Waals surface area (Å²) in [6, 6.07) is 0. The molecule has 4 heteroatoms. The molecule has 0 saturated carbocycles. The van der Waals surface area contributed by atoms with Crippen LogP contribution in [0.1, 0.15) is 111 Å². The normalized spacial score (nSPS) is 14.2. The molecule has 0 spiro atoms. The fourth-order valence-corrected chi connectivity index (χ4v) is 3.83. The molecule has 2 atom stereocenters. The molecular weight excluding hydrogens is 353 g/mol. The van der Waals surface area contributed by atoms with Crippen molar-refractivity contribution in [1.82, 2.24) is 0 Å². The molecule has 0 aromatic carbocycles. The lowest BCUT2D eigenvalue weighted by Gasteiger charge is -2.26. The highest BCUT2D eigenvalue weighted by molar-refractivity contribution is 6.20. The lowest BCUT2D eigenvalue weighted by molar-refractivity contribution is -0.725. The van der Waals surface area contributed by atoms with Gasteiger partial charge < -0.3 is 22.8 Å².